The Labute approximate surface area is 120 Å². The topological polar surface area (TPSA) is 46.6 Å². The molecule has 0 unspecified atom stereocenters. The first-order valence-corrected chi connectivity index (χ1v) is 7.01. The van der Waals surface area contributed by atoms with Crippen molar-refractivity contribution in [3.8, 4) is 0 Å². The van der Waals surface area contributed by atoms with Crippen LogP contribution in [0, 0.1) is 13.8 Å². The second-order valence-electron chi connectivity index (χ2n) is 4.85. The third-order valence-electron chi connectivity index (χ3n) is 3.02. The van der Waals surface area contributed by atoms with Crippen molar-refractivity contribution in [2.45, 2.75) is 34.1 Å². The minimum absolute atomic E-state index is 0.00777. The smallest absolute Gasteiger partial charge is 0.325 e. The van der Waals surface area contributed by atoms with Crippen LogP contribution in [-0.4, -0.2) is 36.5 Å². The minimum Gasteiger partial charge on any atom is -0.465 e. The lowest BCUT2D eigenvalue weighted by atomic mass is 10.0. The molecule has 20 heavy (non-hydrogen) atoms. The predicted octanol–water partition coefficient (Wildman–Crippen LogP) is 2.72. The van der Waals surface area contributed by atoms with Gasteiger partial charge in [0.05, 0.1) is 6.61 Å². The highest BCUT2D eigenvalue weighted by Crippen LogP contribution is 2.13. The molecule has 0 radical (unpaired) electrons. The van der Waals surface area contributed by atoms with Gasteiger partial charge in [0.1, 0.15) is 6.54 Å². The molecule has 0 aliphatic rings. The highest BCUT2D eigenvalue weighted by Gasteiger charge is 2.20. The lowest BCUT2D eigenvalue weighted by molar-refractivity contribution is -0.143. The molecule has 0 fully saturated rings. The molecule has 0 heterocycles. The number of carbonyl (C=O) groups is 2. The van der Waals surface area contributed by atoms with Gasteiger partial charge in [-0.1, -0.05) is 24.6 Å². The number of benzene rings is 1. The van der Waals surface area contributed by atoms with Crippen LogP contribution in [0.5, 0.6) is 0 Å². The van der Waals surface area contributed by atoms with Gasteiger partial charge in [-0.3, -0.25) is 9.59 Å². The van der Waals surface area contributed by atoms with E-state index < -0.39 is 0 Å². The summed E-state index contributed by atoms with van der Waals surface area (Å²) in [6.45, 7) is 8.52. The van der Waals surface area contributed by atoms with E-state index in [-0.39, 0.29) is 18.4 Å². The van der Waals surface area contributed by atoms with Crippen molar-refractivity contribution < 1.29 is 14.3 Å². The fourth-order valence-corrected chi connectivity index (χ4v) is 2.11. The zero-order valence-electron chi connectivity index (χ0n) is 12.7. The monoisotopic (exact) mass is 277 g/mol. The molecule has 1 aromatic rings. The number of ether oxygens (including phenoxy) is 1. The van der Waals surface area contributed by atoms with Crippen LogP contribution in [0.1, 0.15) is 41.8 Å². The molecule has 110 valence electrons. The number of rotatable bonds is 6. The summed E-state index contributed by atoms with van der Waals surface area (Å²) in [5.74, 6) is -0.475. The molecule has 0 aromatic heterocycles. The highest BCUT2D eigenvalue weighted by atomic mass is 16.5. The fourth-order valence-electron chi connectivity index (χ4n) is 2.11. The molecule has 0 atom stereocenters. The molecule has 1 rings (SSSR count). The summed E-state index contributed by atoms with van der Waals surface area (Å²) < 4.78 is 4.92. The number of hydrogen-bond acceptors (Lipinski definition) is 3. The SMILES string of the molecule is CCCN(CC(=O)OCC)C(=O)c1ccc(C)cc1C. The largest absolute Gasteiger partial charge is 0.465 e. The van der Waals surface area contributed by atoms with Crippen molar-refractivity contribution in [1.82, 2.24) is 4.90 Å². The van der Waals surface area contributed by atoms with Crippen molar-refractivity contribution in [3.63, 3.8) is 0 Å². The molecule has 0 aliphatic carbocycles. The molecule has 4 nitrogen and oxygen atoms in total. The summed E-state index contributed by atoms with van der Waals surface area (Å²) >= 11 is 0. The van der Waals surface area contributed by atoms with Crippen LogP contribution in [0.25, 0.3) is 0 Å². The van der Waals surface area contributed by atoms with Crippen molar-refractivity contribution in [2.75, 3.05) is 19.7 Å². The van der Waals surface area contributed by atoms with Gasteiger partial charge in [-0.2, -0.15) is 0 Å². The van der Waals surface area contributed by atoms with Crippen LogP contribution in [0.15, 0.2) is 18.2 Å². The first-order valence-electron chi connectivity index (χ1n) is 7.01. The van der Waals surface area contributed by atoms with E-state index in [1.807, 2.05) is 39.0 Å². The Hall–Kier alpha value is -1.84. The van der Waals surface area contributed by atoms with E-state index in [0.717, 1.165) is 17.5 Å². The molecule has 4 heteroatoms. The standard InChI is InChI=1S/C16H23NO3/c1-5-9-17(11-15(18)20-6-2)16(19)14-8-7-12(3)10-13(14)4/h7-8,10H,5-6,9,11H2,1-4H3. The second kappa shape index (κ2) is 7.68. The van der Waals surface area contributed by atoms with Crippen LogP contribution in [-0.2, 0) is 9.53 Å². The van der Waals surface area contributed by atoms with E-state index in [0.29, 0.717) is 18.7 Å². The van der Waals surface area contributed by atoms with Crippen LogP contribution in [0.2, 0.25) is 0 Å². The molecule has 1 aromatic carbocycles. The summed E-state index contributed by atoms with van der Waals surface area (Å²) in [5, 5.41) is 0. The summed E-state index contributed by atoms with van der Waals surface area (Å²) in [7, 11) is 0. The Balaban J connectivity index is 2.90. The Morgan fingerprint density at radius 2 is 1.90 bits per heavy atom. The zero-order valence-corrected chi connectivity index (χ0v) is 12.7. The maximum absolute atomic E-state index is 12.5. The maximum Gasteiger partial charge on any atom is 0.325 e. The fraction of sp³-hybridized carbons (Fsp3) is 0.500. The van der Waals surface area contributed by atoms with Crippen LogP contribution in [0.4, 0.5) is 0 Å². The van der Waals surface area contributed by atoms with Crippen molar-refractivity contribution in [3.05, 3.63) is 34.9 Å². The summed E-state index contributed by atoms with van der Waals surface area (Å²) in [5.41, 5.74) is 2.69. The number of aryl methyl sites for hydroxylation is 2. The molecular weight excluding hydrogens is 254 g/mol. The molecule has 0 bridgehead atoms. The molecule has 0 N–H and O–H groups in total. The van der Waals surface area contributed by atoms with Gasteiger partial charge in [-0.05, 0) is 38.8 Å². The average Bonchev–Trinajstić information content (AvgIpc) is 2.38. The number of amides is 1. The van der Waals surface area contributed by atoms with Gasteiger partial charge in [0, 0.05) is 12.1 Å². The zero-order chi connectivity index (χ0) is 15.1. The van der Waals surface area contributed by atoms with Crippen molar-refractivity contribution in [1.29, 1.82) is 0 Å². The first kappa shape index (κ1) is 16.2. The third kappa shape index (κ3) is 4.37. The van der Waals surface area contributed by atoms with Crippen LogP contribution >= 0.6 is 0 Å². The van der Waals surface area contributed by atoms with E-state index in [1.54, 1.807) is 11.8 Å². The Bertz CT molecular complexity index is 483. The molecule has 0 aliphatic heterocycles. The van der Waals surface area contributed by atoms with Gasteiger partial charge in [-0.25, -0.2) is 0 Å². The van der Waals surface area contributed by atoms with Gasteiger partial charge in [0.25, 0.3) is 5.91 Å². The third-order valence-corrected chi connectivity index (χ3v) is 3.02. The molecule has 1 amide bonds. The lowest BCUT2D eigenvalue weighted by Crippen LogP contribution is -2.37. The van der Waals surface area contributed by atoms with E-state index in [4.69, 9.17) is 4.74 Å². The first-order chi connectivity index (χ1) is 9.49. The summed E-state index contributed by atoms with van der Waals surface area (Å²) in [4.78, 5) is 25.7. The van der Waals surface area contributed by atoms with Gasteiger partial charge in [-0.15, -0.1) is 0 Å². The Morgan fingerprint density at radius 1 is 1.20 bits per heavy atom. The average molecular weight is 277 g/mol. The van der Waals surface area contributed by atoms with Crippen LogP contribution < -0.4 is 0 Å². The highest BCUT2D eigenvalue weighted by molar-refractivity contribution is 5.97. The van der Waals surface area contributed by atoms with E-state index in [9.17, 15) is 9.59 Å². The number of esters is 1. The van der Waals surface area contributed by atoms with Crippen molar-refractivity contribution >= 4 is 11.9 Å². The predicted molar refractivity (Wildman–Crippen MR) is 78.7 cm³/mol. The number of hydrogen-bond donors (Lipinski definition) is 0. The normalized spacial score (nSPS) is 10.2. The van der Waals surface area contributed by atoms with Gasteiger partial charge in [0.2, 0.25) is 0 Å². The lowest BCUT2D eigenvalue weighted by Gasteiger charge is -2.22. The second-order valence-corrected chi connectivity index (χ2v) is 4.85. The number of carbonyl (C=O) groups excluding carboxylic acids is 2. The molecule has 0 spiro atoms. The van der Waals surface area contributed by atoms with E-state index in [1.165, 1.54) is 0 Å². The minimum atomic E-state index is -0.362. The van der Waals surface area contributed by atoms with Gasteiger partial charge < -0.3 is 9.64 Å². The molecule has 0 saturated heterocycles. The quantitative estimate of drug-likeness (QED) is 0.751. The van der Waals surface area contributed by atoms with E-state index in [2.05, 4.69) is 0 Å². The van der Waals surface area contributed by atoms with Crippen LogP contribution in [0.3, 0.4) is 0 Å². The van der Waals surface area contributed by atoms with Gasteiger partial charge in [0.15, 0.2) is 0 Å². The van der Waals surface area contributed by atoms with Gasteiger partial charge >= 0.3 is 5.97 Å². The molecule has 0 saturated carbocycles. The summed E-state index contributed by atoms with van der Waals surface area (Å²) in [6.07, 6.45) is 0.802. The van der Waals surface area contributed by atoms with E-state index >= 15 is 0 Å². The Kier molecular flexibility index (Phi) is 6.22. The van der Waals surface area contributed by atoms with Crippen molar-refractivity contribution in [2.24, 2.45) is 0 Å². The maximum atomic E-state index is 12.5. The number of nitrogens with zero attached hydrogens (tertiary/aromatic N) is 1. The Morgan fingerprint density at radius 3 is 2.45 bits per heavy atom. The summed E-state index contributed by atoms with van der Waals surface area (Å²) in [6, 6.07) is 5.71. The molecular formula is C16H23NO3.